The van der Waals surface area contributed by atoms with Crippen LogP contribution in [-0.2, 0) is 0 Å². The highest BCUT2D eigenvalue weighted by molar-refractivity contribution is 5.82. The fourth-order valence-electron chi connectivity index (χ4n) is 3.01. The van der Waals surface area contributed by atoms with E-state index in [1.54, 1.807) is 0 Å². The third-order valence-electron chi connectivity index (χ3n) is 4.35. The van der Waals surface area contributed by atoms with Crippen LogP contribution in [0.15, 0.2) is 36.5 Å². The van der Waals surface area contributed by atoms with Gasteiger partial charge in [0.15, 0.2) is 0 Å². The van der Waals surface area contributed by atoms with E-state index in [0.717, 1.165) is 24.0 Å². The summed E-state index contributed by atoms with van der Waals surface area (Å²) >= 11 is 0. The van der Waals surface area contributed by atoms with Crippen LogP contribution in [0.3, 0.4) is 0 Å². The molecule has 2 rings (SSSR count). The van der Waals surface area contributed by atoms with Gasteiger partial charge in [-0.2, -0.15) is 0 Å². The molecule has 1 heterocycles. The van der Waals surface area contributed by atoms with E-state index in [9.17, 15) is 0 Å². The zero-order valence-corrected chi connectivity index (χ0v) is 12.9. The first-order valence-corrected chi connectivity index (χ1v) is 7.36. The molecule has 1 aromatic carbocycles. The molecule has 3 heteroatoms. The monoisotopic (exact) mass is 271 g/mol. The first-order chi connectivity index (χ1) is 9.52. The maximum absolute atomic E-state index is 6.62. The molecule has 0 aliphatic carbocycles. The Hall–Kier alpha value is -1.45. The summed E-state index contributed by atoms with van der Waals surface area (Å²) in [6.45, 7) is 10.8. The Morgan fingerprint density at radius 1 is 1.15 bits per heavy atom. The lowest BCUT2D eigenvalue weighted by Crippen LogP contribution is -2.51. The van der Waals surface area contributed by atoms with Crippen molar-refractivity contribution < 1.29 is 0 Å². The SMILES string of the molecule is CCN(CC)C(C)(C)C(N)c1cccc2ncccc12. The lowest BCUT2D eigenvalue weighted by molar-refractivity contribution is 0.107. The molecule has 0 saturated heterocycles. The maximum atomic E-state index is 6.62. The molecular formula is C17H25N3. The second kappa shape index (κ2) is 5.90. The molecule has 108 valence electrons. The number of hydrogen-bond acceptors (Lipinski definition) is 3. The average molecular weight is 271 g/mol. The molecule has 1 aromatic heterocycles. The van der Waals surface area contributed by atoms with Crippen molar-refractivity contribution in [2.75, 3.05) is 13.1 Å². The molecule has 0 fully saturated rings. The molecule has 1 atom stereocenters. The topological polar surface area (TPSA) is 42.1 Å². The molecule has 0 radical (unpaired) electrons. The smallest absolute Gasteiger partial charge is 0.0705 e. The van der Waals surface area contributed by atoms with Crippen molar-refractivity contribution in [2.45, 2.75) is 39.3 Å². The van der Waals surface area contributed by atoms with E-state index >= 15 is 0 Å². The van der Waals surface area contributed by atoms with Crippen LogP contribution in [0.4, 0.5) is 0 Å². The molecule has 0 saturated carbocycles. The summed E-state index contributed by atoms with van der Waals surface area (Å²) in [5.41, 5.74) is 8.72. The van der Waals surface area contributed by atoms with Crippen LogP contribution < -0.4 is 5.73 Å². The molecule has 0 bridgehead atoms. The van der Waals surface area contributed by atoms with Crippen molar-refractivity contribution in [3.8, 4) is 0 Å². The van der Waals surface area contributed by atoms with Gasteiger partial charge in [-0.05, 0) is 44.6 Å². The lowest BCUT2D eigenvalue weighted by Gasteiger charge is -2.42. The molecule has 2 N–H and O–H groups in total. The number of benzene rings is 1. The average Bonchev–Trinajstić information content (AvgIpc) is 2.47. The number of nitrogens with two attached hydrogens (primary N) is 1. The van der Waals surface area contributed by atoms with Gasteiger partial charge >= 0.3 is 0 Å². The molecule has 0 spiro atoms. The lowest BCUT2D eigenvalue weighted by atomic mass is 9.86. The van der Waals surface area contributed by atoms with Crippen molar-refractivity contribution in [2.24, 2.45) is 5.73 Å². The first-order valence-electron chi connectivity index (χ1n) is 7.36. The van der Waals surface area contributed by atoms with E-state index in [1.165, 1.54) is 5.56 Å². The van der Waals surface area contributed by atoms with Gasteiger partial charge in [-0.3, -0.25) is 9.88 Å². The molecule has 20 heavy (non-hydrogen) atoms. The summed E-state index contributed by atoms with van der Waals surface area (Å²) < 4.78 is 0. The number of rotatable bonds is 5. The number of fused-ring (bicyclic) bond motifs is 1. The third kappa shape index (κ3) is 2.56. The van der Waals surface area contributed by atoms with Gasteiger partial charge in [-0.15, -0.1) is 0 Å². The van der Waals surface area contributed by atoms with E-state index < -0.39 is 0 Å². The summed E-state index contributed by atoms with van der Waals surface area (Å²) in [5.74, 6) is 0. The van der Waals surface area contributed by atoms with Crippen molar-refractivity contribution >= 4 is 10.9 Å². The fourth-order valence-corrected chi connectivity index (χ4v) is 3.01. The molecular weight excluding hydrogens is 246 g/mol. The predicted molar refractivity (Wildman–Crippen MR) is 85.7 cm³/mol. The van der Waals surface area contributed by atoms with Gasteiger partial charge in [0.05, 0.1) is 5.52 Å². The number of pyridine rings is 1. The second-order valence-corrected chi connectivity index (χ2v) is 5.72. The van der Waals surface area contributed by atoms with Crippen molar-refractivity contribution in [1.29, 1.82) is 0 Å². The maximum Gasteiger partial charge on any atom is 0.0705 e. The van der Waals surface area contributed by atoms with E-state index in [2.05, 4.69) is 49.7 Å². The number of likely N-dealkylation sites (N-methyl/N-ethyl adjacent to an activating group) is 1. The number of hydrogen-bond donors (Lipinski definition) is 1. The van der Waals surface area contributed by atoms with Crippen LogP contribution >= 0.6 is 0 Å². The van der Waals surface area contributed by atoms with Gasteiger partial charge in [0, 0.05) is 23.2 Å². The molecule has 0 aliphatic rings. The van der Waals surface area contributed by atoms with Crippen LogP contribution in [0.5, 0.6) is 0 Å². The van der Waals surface area contributed by atoms with Gasteiger partial charge in [-0.25, -0.2) is 0 Å². The minimum Gasteiger partial charge on any atom is -0.322 e. The van der Waals surface area contributed by atoms with Gasteiger partial charge < -0.3 is 5.73 Å². The van der Waals surface area contributed by atoms with Crippen LogP contribution in [0, 0.1) is 0 Å². The molecule has 1 unspecified atom stereocenters. The Morgan fingerprint density at radius 2 is 1.85 bits per heavy atom. The van der Waals surface area contributed by atoms with Gasteiger partial charge in [0.1, 0.15) is 0 Å². The summed E-state index contributed by atoms with van der Waals surface area (Å²) in [4.78, 5) is 6.83. The largest absolute Gasteiger partial charge is 0.322 e. The number of aromatic nitrogens is 1. The second-order valence-electron chi connectivity index (χ2n) is 5.72. The Labute approximate surface area is 121 Å². The molecule has 0 aliphatic heterocycles. The Balaban J connectivity index is 2.48. The number of nitrogens with zero attached hydrogens (tertiary/aromatic N) is 2. The van der Waals surface area contributed by atoms with Crippen molar-refractivity contribution in [1.82, 2.24) is 9.88 Å². The van der Waals surface area contributed by atoms with Crippen molar-refractivity contribution in [3.05, 3.63) is 42.1 Å². The Morgan fingerprint density at radius 3 is 2.50 bits per heavy atom. The minimum absolute atomic E-state index is 0.0460. The van der Waals surface area contributed by atoms with Crippen molar-refractivity contribution in [3.63, 3.8) is 0 Å². The minimum atomic E-state index is -0.0897. The van der Waals surface area contributed by atoms with Crippen LogP contribution in [-0.4, -0.2) is 28.5 Å². The highest BCUT2D eigenvalue weighted by Gasteiger charge is 2.33. The molecule has 2 aromatic rings. The fraction of sp³-hybridized carbons (Fsp3) is 0.471. The highest BCUT2D eigenvalue weighted by Crippen LogP contribution is 2.32. The zero-order chi connectivity index (χ0) is 14.8. The van der Waals surface area contributed by atoms with E-state index in [4.69, 9.17) is 5.73 Å². The summed E-state index contributed by atoms with van der Waals surface area (Å²) in [7, 11) is 0. The van der Waals surface area contributed by atoms with Crippen LogP contribution in [0.25, 0.3) is 10.9 Å². The summed E-state index contributed by atoms with van der Waals surface area (Å²) in [5, 5.41) is 1.16. The highest BCUT2D eigenvalue weighted by atomic mass is 15.2. The molecule has 3 nitrogen and oxygen atoms in total. The normalized spacial score (nSPS) is 13.9. The zero-order valence-electron chi connectivity index (χ0n) is 12.9. The Bertz CT molecular complexity index is 568. The molecule has 0 amide bonds. The standard InChI is InChI=1S/C17H25N3/c1-5-20(6-2)17(3,4)16(18)14-9-7-11-15-13(14)10-8-12-19-15/h7-12,16H,5-6,18H2,1-4H3. The van der Waals surface area contributed by atoms with Crippen LogP contribution in [0.2, 0.25) is 0 Å². The summed E-state index contributed by atoms with van der Waals surface area (Å²) in [6.07, 6.45) is 1.83. The predicted octanol–water partition coefficient (Wildman–Crippen LogP) is 3.36. The van der Waals surface area contributed by atoms with Crippen LogP contribution in [0.1, 0.15) is 39.3 Å². The van der Waals surface area contributed by atoms with E-state index in [1.807, 2.05) is 24.4 Å². The van der Waals surface area contributed by atoms with Gasteiger partial charge in [-0.1, -0.05) is 32.0 Å². The summed E-state index contributed by atoms with van der Waals surface area (Å²) in [6, 6.07) is 10.2. The van der Waals surface area contributed by atoms with E-state index in [-0.39, 0.29) is 11.6 Å². The first kappa shape index (κ1) is 14.9. The quantitative estimate of drug-likeness (QED) is 0.906. The van der Waals surface area contributed by atoms with Gasteiger partial charge in [0.25, 0.3) is 0 Å². The van der Waals surface area contributed by atoms with Gasteiger partial charge in [0.2, 0.25) is 0 Å². The Kier molecular flexibility index (Phi) is 4.41. The van der Waals surface area contributed by atoms with E-state index in [0.29, 0.717) is 0 Å². The third-order valence-corrected chi connectivity index (χ3v) is 4.35.